The largest absolute Gasteiger partial charge is 0.298 e. The van der Waals surface area contributed by atoms with Gasteiger partial charge in [0.2, 0.25) is 0 Å². The predicted molar refractivity (Wildman–Crippen MR) is 67.4 cm³/mol. The number of benzene rings is 2. The molecule has 0 aliphatic heterocycles. The Morgan fingerprint density at radius 3 is 2.47 bits per heavy atom. The van der Waals surface area contributed by atoms with Crippen LogP contribution in [0.15, 0.2) is 42.5 Å². The number of aldehydes is 2. The molecule has 0 radical (unpaired) electrons. The molecule has 0 spiro atoms. The molecule has 0 bridgehead atoms. The third kappa shape index (κ3) is 2.31. The molecule has 2 aromatic carbocycles. The van der Waals surface area contributed by atoms with Crippen molar-refractivity contribution in [2.75, 3.05) is 0 Å². The molecule has 2 aromatic rings. The van der Waals surface area contributed by atoms with Crippen LogP contribution in [0.3, 0.4) is 0 Å². The summed E-state index contributed by atoms with van der Waals surface area (Å²) in [5, 5.41) is 0. The van der Waals surface area contributed by atoms with Crippen LogP contribution in [-0.2, 0) is 0 Å². The number of rotatable bonds is 3. The Morgan fingerprint density at radius 1 is 0.941 bits per heavy atom. The molecule has 0 heterocycles. The van der Waals surface area contributed by atoms with Gasteiger partial charge in [-0.15, -0.1) is 0 Å². The lowest BCUT2D eigenvalue weighted by Crippen LogP contribution is -1.90. The highest BCUT2D eigenvalue weighted by atomic mass is 16.1. The summed E-state index contributed by atoms with van der Waals surface area (Å²) in [6, 6.07) is 12.9. The number of aryl methyl sites for hydroxylation is 1. The van der Waals surface area contributed by atoms with Crippen molar-refractivity contribution >= 4 is 12.6 Å². The topological polar surface area (TPSA) is 34.1 Å². The van der Waals surface area contributed by atoms with Gasteiger partial charge in [-0.05, 0) is 24.1 Å². The average Bonchev–Trinajstić information content (AvgIpc) is 2.39. The summed E-state index contributed by atoms with van der Waals surface area (Å²) < 4.78 is 0. The van der Waals surface area contributed by atoms with E-state index in [-0.39, 0.29) is 0 Å². The predicted octanol–water partition coefficient (Wildman–Crippen LogP) is 3.29. The first-order valence-corrected chi connectivity index (χ1v) is 5.36. The Morgan fingerprint density at radius 2 is 1.76 bits per heavy atom. The van der Waals surface area contributed by atoms with Gasteiger partial charge >= 0.3 is 0 Å². The third-order valence-corrected chi connectivity index (χ3v) is 2.67. The Bertz CT molecular complexity index is 571. The van der Waals surface area contributed by atoms with Gasteiger partial charge in [0.05, 0.1) is 0 Å². The number of carbonyl (C=O) groups excluding carboxylic acids is 2. The molecule has 0 atom stereocenters. The number of hydrogen-bond donors (Lipinski definition) is 0. The second-order valence-electron chi connectivity index (χ2n) is 3.95. The highest BCUT2D eigenvalue weighted by Gasteiger charge is 2.05. The molecule has 2 heteroatoms. The molecule has 0 saturated heterocycles. The van der Waals surface area contributed by atoms with E-state index in [1.807, 2.05) is 31.2 Å². The van der Waals surface area contributed by atoms with Crippen LogP contribution in [0.5, 0.6) is 0 Å². The van der Waals surface area contributed by atoms with E-state index in [2.05, 4.69) is 0 Å². The van der Waals surface area contributed by atoms with Gasteiger partial charge in [0, 0.05) is 11.1 Å². The van der Waals surface area contributed by atoms with Gasteiger partial charge in [-0.3, -0.25) is 9.59 Å². The molecule has 0 unspecified atom stereocenters. The van der Waals surface area contributed by atoms with Crippen molar-refractivity contribution in [2.24, 2.45) is 0 Å². The molecule has 0 N–H and O–H groups in total. The van der Waals surface area contributed by atoms with Crippen LogP contribution in [0.4, 0.5) is 0 Å². The van der Waals surface area contributed by atoms with Crippen LogP contribution in [0.25, 0.3) is 11.1 Å². The van der Waals surface area contributed by atoms with E-state index >= 15 is 0 Å². The van der Waals surface area contributed by atoms with Crippen LogP contribution in [0, 0.1) is 6.92 Å². The van der Waals surface area contributed by atoms with Crippen molar-refractivity contribution in [3.63, 3.8) is 0 Å². The maximum Gasteiger partial charge on any atom is 0.150 e. The smallest absolute Gasteiger partial charge is 0.150 e. The molecule has 17 heavy (non-hydrogen) atoms. The van der Waals surface area contributed by atoms with Gasteiger partial charge in [-0.25, -0.2) is 0 Å². The minimum Gasteiger partial charge on any atom is -0.298 e. The van der Waals surface area contributed by atoms with Crippen molar-refractivity contribution in [3.8, 4) is 11.1 Å². The molecular weight excluding hydrogens is 212 g/mol. The summed E-state index contributed by atoms with van der Waals surface area (Å²) in [7, 11) is 0. The molecule has 2 rings (SSSR count). The van der Waals surface area contributed by atoms with Crippen molar-refractivity contribution in [1.29, 1.82) is 0 Å². The summed E-state index contributed by atoms with van der Waals surface area (Å²) in [4.78, 5) is 21.7. The van der Waals surface area contributed by atoms with E-state index in [4.69, 9.17) is 0 Å². The Hall–Kier alpha value is -2.22. The van der Waals surface area contributed by atoms with Crippen LogP contribution in [0.2, 0.25) is 0 Å². The lowest BCUT2D eigenvalue weighted by molar-refractivity contribution is 0.111. The van der Waals surface area contributed by atoms with Gasteiger partial charge in [0.25, 0.3) is 0 Å². The van der Waals surface area contributed by atoms with Gasteiger partial charge < -0.3 is 0 Å². The Kier molecular flexibility index (Phi) is 3.15. The zero-order chi connectivity index (χ0) is 12.3. The summed E-state index contributed by atoms with van der Waals surface area (Å²) in [6.45, 7) is 1.97. The molecule has 0 aliphatic carbocycles. The molecule has 0 aliphatic rings. The fourth-order valence-corrected chi connectivity index (χ4v) is 1.80. The Labute approximate surface area is 99.9 Å². The minimum atomic E-state index is 0.612. The SMILES string of the molecule is Cc1ccc(C=O)c(-c2cccc(C=O)c2)c1. The first-order valence-electron chi connectivity index (χ1n) is 5.36. The summed E-state index contributed by atoms with van der Waals surface area (Å²) >= 11 is 0. The number of carbonyl (C=O) groups is 2. The average molecular weight is 224 g/mol. The lowest BCUT2D eigenvalue weighted by atomic mass is 9.97. The van der Waals surface area contributed by atoms with E-state index < -0.39 is 0 Å². The summed E-state index contributed by atoms with van der Waals surface area (Å²) in [5.41, 5.74) is 4.09. The molecule has 2 nitrogen and oxygen atoms in total. The van der Waals surface area contributed by atoms with E-state index in [9.17, 15) is 9.59 Å². The monoisotopic (exact) mass is 224 g/mol. The fraction of sp³-hybridized carbons (Fsp3) is 0.0667. The van der Waals surface area contributed by atoms with Crippen molar-refractivity contribution < 1.29 is 9.59 Å². The highest BCUT2D eigenvalue weighted by molar-refractivity contribution is 5.89. The molecule has 0 aromatic heterocycles. The van der Waals surface area contributed by atoms with Crippen LogP contribution in [-0.4, -0.2) is 12.6 Å². The van der Waals surface area contributed by atoms with Gasteiger partial charge in [0.1, 0.15) is 6.29 Å². The molecule has 0 amide bonds. The first kappa shape index (κ1) is 11.3. The van der Waals surface area contributed by atoms with E-state index in [1.165, 1.54) is 0 Å². The van der Waals surface area contributed by atoms with Crippen LogP contribution >= 0.6 is 0 Å². The standard InChI is InChI=1S/C15H12O2/c1-11-5-6-14(10-17)15(7-11)13-4-2-3-12(8-13)9-16/h2-10H,1H3. The lowest BCUT2D eigenvalue weighted by Gasteiger charge is -2.07. The fourth-order valence-electron chi connectivity index (χ4n) is 1.80. The molecule has 84 valence electrons. The van der Waals surface area contributed by atoms with Gasteiger partial charge in [-0.2, -0.15) is 0 Å². The maximum absolute atomic E-state index is 11.0. The molecular formula is C15H12O2. The summed E-state index contributed by atoms with van der Waals surface area (Å²) in [5.74, 6) is 0. The molecule has 0 fully saturated rings. The van der Waals surface area contributed by atoms with Crippen LogP contribution in [0.1, 0.15) is 26.3 Å². The van der Waals surface area contributed by atoms with Crippen molar-refractivity contribution in [3.05, 3.63) is 59.2 Å². The molecule has 0 saturated carbocycles. The quantitative estimate of drug-likeness (QED) is 0.750. The van der Waals surface area contributed by atoms with E-state index in [1.54, 1.807) is 18.2 Å². The first-order chi connectivity index (χ1) is 8.24. The zero-order valence-electron chi connectivity index (χ0n) is 9.51. The van der Waals surface area contributed by atoms with E-state index in [0.717, 1.165) is 29.3 Å². The summed E-state index contributed by atoms with van der Waals surface area (Å²) in [6.07, 6.45) is 1.64. The highest BCUT2D eigenvalue weighted by Crippen LogP contribution is 2.24. The third-order valence-electron chi connectivity index (χ3n) is 2.67. The minimum absolute atomic E-state index is 0.612. The van der Waals surface area contributed by atoms with Crippen molar-refractivity contribution in [1.82, 2.24) is 0 Å². The van der Waals surface area contributed by atoms with Crippen molar-refractivity contribution in [2.45, 2.75) is 6.92 Å². The van der Waals surface area contributed by atoms with Gasteiger partial charge in [0.15, 0.2) is 6.29 Å². The van der Waals surface area contributed by atoms with Gasteiger partial charge in [-0.1, -0.05) is 42.0 Å². The number of hydrogen-bond acceptors (Lipinski definition) is 2. The second kappa shape index (κ2) is 4.74. The normalized spacial score (nSPS) is 9.94. The maximum atomic E-state index is 11.0. The van der Waals surface area contributed by atoms with Crippen LogP contribution < -0.4 is 0 Å². The van der Waals surface area contributed by atoms with E-state index in [0.29, 0.717) is 11.1 Å². The Balaban J connectivity index is 2.61. The second-order valence-corrected chi connectivity index (χ2v) is 3.95. The zero-order valence-corrected chi connectivity index (χ0v) is 9.51.